The number of carbonyl (C=O) groups excluding carboxylic acids is 1. The molecule has 1 amide bonds. The molecule has 0 aliphatic heterocycles. The zero-order valence-corrected chi connectivity index (χ0v) is 10.6. The van der Waals surface area contributed by atoms with Crippen LogP contribution in [-0.4, -0.2) is 31.8 Å². The standard InChI is InChI=1S/C12H13F4NO3/c1-2-19-6-12(15,16)7-20-11(18)17-10-4-3-8(13)5-9(10)14/h3-5H,2,6-7H2,1H3,(H,17,18). The molecular weight excluding hydrogens is 282 g/mol. The van der Waals surface area contributed by atoms with E-state index in [4.69, 9.17) is 0 Å². The van der Waals surface area contributed by atoms with Crippen molar-refractivity contribution in [2.75, 3.05) is 25.1 Å². The number of amides is 1. The Kier molecular flexibility index (Phi) is 5.75. The first-order valence-corrected chi connectivity index (χ1v) is 5.68. The Labute approximate surface area is 112 Å². The second kappa shape index (κ2) is 7.09. The van der Waals surface area contributed by atoms with Gasteiger partial charge in [0.2, 0.25) is 0 Å². The first kappa shape index (κ1) is 16.2. The van der Waals surface area contributed by atoms with E-state index in [9.17, 15) is 22.4 Å². The predicted octanol–water partition coefficient (Wildman–Crippen LogP) is 3.19. The summed E-state index contributed by atoms with van der Waals surface area (Å²) in [6, 6.07) is 2.39. The van der Waals surface area contributed by atoms with Crippen LogP contribution >= 0.6 is 0 Å². The van der Waals surface area contributed by atoms with Gasteiger partial charge in [-0.1, -0.05) is 0 Å². The number of rotatable bonds is 6. The average Bonchev–Trinajstić information content (AvgIpc) is 2.38. The minimum absolute atomic E-state index is 0.0998. The number of ether oxygens (including phenoxy) is 2. The number of alkyl halides is 2. The fourth-order valence-electron chi connectivity index (χ4n) is 1.20. The number of hydrogen-bond acceptors (Lipinski definition) is 3. The Bertz CT molecular complexity index is 468. The third-order valence-electron chi connectivity index (χ3n) is 2.10. The first-order chi connectivity index (χ1) is 9.34. The summed E-state index contributed by atoms with van der Waals surface area (Å²) in [5, 5.41) is 1.89. The van der Waals surface area contributed by atoms with Gasteiger partial charge in [0.05, 0.1) is 5.69 Å². The van der Waals surface area contributed by atoms with Gasteiger partial charge in [0, 0.05) is 12.7 Å². The van der Waals surface area contributed by atoms with Gasteiger partial charge < -0.3 is 9.47 Å². The zero-order valence-electron chi connectivity index (χ0n) is 10.6. The van der Waals surface area contributed by atoms with Crippen molar-refractivity contribution < 1.29 is 31.8 Å². The lowest BCUT2D eigenvalue weighted by atomic mass is 10.3. The first-order valence-electron chi connectivity index (χ1n) is 5.68. The summed E-state index contributed by atoms with van der Waals surface area (Å²) in [4.78, 5) is 11.2. The smallest absolute Gasteiger partial charge is 0.411 e. The maximum absolute atomic E-state index is 13.2. The monoisotopic (exact) mass is 295 g/mol. The molecule has 0 unspecified atom stereocenters. The summed E-state index contributed by atoms with van der Waals surface area (Å²) in [6.45, 7) is -0.452. The van der Waals surface area contributed by atoms with Crippen molar-refractivity contribution in [1.29, 1.82) is 0 Å². The summed E-state index contributed by atoms with van der Waals surface area (Å²) in [5.41, 5.74) is -0.371. The molecule has 20 heavy (non-hydrogen) atoms. The van der Waals surface area contributed by atoms with Crippen molar-refractivity contribution in [2.24, 2.45) is 0 Å². The van der Waals surface area contributed by atoms with Crippen LogP contribution in [0.4, 0.5) is 28.0 Å². The van der Waals surface area contributed by atoms with E-state index in [0.717, 1.165) is 12.1 Å². The number of carbonyl (C=O) groups is 1. The Morgan fingerprint density at radius 3 is 2.60 bits per heavy atom. The third-order valence-corrected chi connectivity index (χ3v) is 2.10. The predicted molar refractivity (Wildman–Crippen MR) is 62.8 cm³/mol. The van der Waals surface area contributed by atoms with Crippen LogP contribution < -0.4 is 5.32 Å². The molecule has 0 aromatic heterocycles. The largest absolute Gasteiger partial charge is 0.443 e. The molecule has 1 N–H and O–H groups in total. The Morgan fingerprint density at radius 1 is 1.30 bits per heavy atom. The van der Waals surface area contributed by atoms with Gasteiger partial charge in [0.1, 0.15) is 18.2 Å². The van der Waals surface area contributed by atoms with Gasteiger partial charge in [-0.3, -0.25) is 5.32 Å². The lowest BCUT2D eigenvalue weighted by molar-refractivity contribution is -0.106. The molecule has 0 bridgehead atoms. The van der Waals surface area contributed by atoms with E-state index in [1.165, 1.54) is 0 Å². The molecule has 0 saturated carbocycles. The Hall–Kier alpha value is -1.83. The van der Waals surface area contributed by atoms with Gasteiger partial charge in [-0.05, 0) is 19.1 Å². The van der Waals surface area contributed by atoms with Crippen molar-refractivity contribution in [3.8, 4) is 0 Å². The van der Waals surface area contributed by atoms with E-state index >= 15 is 0 Å². The molecule has 4 nitrogen and oxygen atoms in total. The van der Waals surface area contributed by atoms with E-state index in [1.54, 1.807) is 6.92 Å². The zero-order chi connectivity index (χ0) is 15.2. The lowest BCUT2D eigenvalue weighted by Gasteiger charge is -2.16. The minimum Gasteiger partial charge on any atom is -0.443 e. The Balaban J connectivity index is 2.47. The summed E-state index contributed by atoms with van der Waals surface area (Å²) < 4.78 is 60.7. The fourth-order valence-corrected chi connectivity index (χ4v) is 1.20. The van der Waals surface area contributed by atoms with Crippen molar-refractivity contribution >= 4 is 11.8 Å². The average molecular weight is 295 g/mol. The molecule has 0 heterocycles. The maximum atomic E-state index is 13.2. The van der Waals surface area contributed by atoms with Gasteiger partial charge in [0.25, 0.3) is 0 Å². The Morgan fingerprint density at radius 2 is 2.00 bits per heavy atom. The van der Waals surface area contributed by atoms with E-state index in [-0.39, 0.29) is 12.3 Å². The summed E-state index contributed by atoms with van der Waals surface area (Å²) in [5.74, 6) is -5.21. The summed E-state index contributed by atoms with van der Waals surface area (Å²) in [7, 11) is 0. The summed E-state index contributed by atoms with van der Waals surface area (Å²) in [6.07, 6.45) is -1.27. The number of nitrogens with one attached hydrogen (secondary N) is 1. The van der Waals surface area contributed by atoms with Crippen LogP contribution in [0.2, 0.25) is 0 Å². The second-order valence-electron chi connectivity index (χ2n) is 3.82. The van der Waals surface area contributed by atoms with Gasteiger partial charge in [-0.15, -0.1) is 0 Å². The van der Waals surface area contributed by atoms with Crippen molar-refractivity contribution in [3.63, 3.8) is 0 Å². The minimum atomic E-state index is -3.34. The molecular formula is C12H13F4NO3. The molecule has 0 spiro atoms. The van der Waals surface area contributed by atoms with Crippen LogP contribution in [0.3, 0.4) is 0 Å². The van der Waals surface area contributed by atoms with Crippen molar-refractivity contribution in [2.45, 2.75) is 12.8 Å². The number of anilines is 1. The van der Waals surface area contributed by atoms with Gasteiger partial charge in [-0.25, -0.2) is 22.4 Å². The lowest BCUT2D eigenvalue weighted by Crippen LogP contribution is -2.32. The van der Waals surface area contributed by atoms with E-state index in [2.05, 4.69) is 9.47 Å². The molecule has 0 aliphatic rings. The molecule has 8 heteroatoms. The SMILES string of the molecule is CCOCC(F)(F)COC(=O)Nc1ccc(F)cc1F. The van der Waals surface area contributed by atoms with Crippen LogP contribution in [0.5, 0.6) is 0 Å². The molecule has 0 atom stereocenters. The number of hydrogen-bond donors (Lipinski definition) is 1. The van der Waals surface area contributed by atoms with Gasteiger partial charge in [-0.2, -0.15) is 0 Å². The normalized spacial score (nSPS) is 11.2. The number of benzene rings is 1. The fraction of sp³-hybridized carbons (Fsp3) is 0.417. The van der Waals surface area contributed by atoms with Crippen molar-refractivity contribution in [1.82, 2.24) is 0 Å². The molecule has 1 aromatic rings. The highest BCUT2D eigenvalue weighted by atomic mass is 19.3. The molecule has 0 aliphatic carbocycles. The van der Waals surface area contributed by atoms with E-state index < -0.39 is 36.9 Å². The molecule has 0 fully saturated rings. The van der Waals surface area contributed by atoms with Crippen LogP contribution in [0.15, 0.2) is 18.2 Å². The van der Waals surface area contributed by atoms with Crippen LogP contribution in [-0.2, 0) is 9.47 Å². The molecule has 0 saturated heterocycles. The molecule has 1 rings (SSSR count). The van der Waals surface area contributed by atoms with Crippen LogP contribution in [0.1, 0.15) is 6.92 Å². The number of halogens is 4. The van der Waals surface area contributed by atoms with E-state index in [1.807, 2.05) is 5.32 Å². The third kappa shape index (κ3) is 5.43. The molecule has 112 valence electrons. The summed E-state index contributed by atoms with van der Waals surface area (Å²) >= 11 is 0. The van der Waals surface area contributed by atoms with E-state index in [0.29, 0.717) is 6.07 Å². The molecule has 0 radical (unpaired) electrons. The highest BCUT2D eigenvalue weighted by Crippen LogP contribution is 2.17. The molecule has 1 aromatic carbocycles. The van der Waals surface area contributed by atoms with Gasteiger partial charge >= 0.3 is 12.0 Å². The topological polar surface area (TPSA) is 47.6 Å². The van der Waals surface area contributed by atoms with Crippen LogP contribution in [0.25, 0.3) is 0 Å². The van der Waals surface area contributed by atoms with Crippen molar-refractivity contribution in [3.05, 3.63) is 29.8 Å². The highest BCUT2D eigenvalue weighted by molar-refractivity contribution is 5.84. The second-order valence-corrected chi connectivity index (χ2v) is 3.82. The quantitative estimate of drug-likeness (QED) is 0.820. The maximum Gasteiger partial charge on any atom is 0.411 e. The highest BCUT2D eigenvalue weighted by Gasteiger charge is 2.31. The van der Waals surface area contributed by atoms with Crippen LogP contribution in [0, 0.1) is 11.6 Å². The van der Waals surface area contributed by atoms with Gasteiger partial charge in [0.15, 0.2) is 6.61 Å².